The molecule has 1 heterocycles. The first kappa shape index (κ1) is 14.5. The summed E-state index contributed by atoms with van der Waals surface area (Å²) in [5, 5.41) is 14.3. The lowest BCUT2D eigenvalue weighted by atomic mass is 10.1. The Balaban J connectivity index is 2.11. The molecule has 2 rings (SSSR count). The predicted molar refractivity (Wildman–Crippen MR) is 79.8 cm³/mol. The van der Waals surface area contributed by atoms with Gasteiger partial charge in [0, 0.05) is 11.4 Å². The molecule has 0 fully saturated rings. The van der Waals surface area contributed by atoms with Gasteiger partial charge in [-0.05, 0) is 43.7 Å². The van der Waals surface area contributed by atoms with Gasteiger partial charge in [-0.3, -0.25) is 4.98 Å². The van der Waals surface area contributed by atoms with Gasteiger partial charge in [0.1, 0.15) is 0 Å². The second kappa shape index (κ2) is 6.04. The Hall–Kier alpha value is -2.89. The van der Waals surface area contributed by atoms with Gasteiger partial charge >= 0.3 is 12.0 Å². The molecule has 0 atom stereocenters. The highest BCUT2D eigenvalue weighted by molar-refractivity contribution is 6.01. The number of amides is 2. The topological polar surface area (TPSA) is 91.3 Å². The summed E-state index contributed by atoms with van der Waals surface area (Å²) in [6.07, 6.45) is 1.55. The standard InChI is InChI=1S/C15H15N3O3/c1-9-6-7-11(8-16-9)17-15(21)18-13-5-3-4-12(10(13)2)14(19)20/h3-8H,1-2H3,(H,19,20)(H2,17,18,21). The molecule has 0 bridgehead atoms. The van der Waals surface area contributed by atoms with E-state index in [9.17, 15) is 9.59 Å². The Kier molecular flexibility index (Phi) is 4.18. The molecule has 0 saturated heterocycles. The second-order valence-electron chi connectivity index (χ2n) is 4.55. The molecule has 0 unspecified atom stereocenters. The minimum atomic E-state index is -1.03. The molecule has 2 amide bonds. The van der Waals surface area contributed by atoms with Gasteiger partial charge in [0.05, 0.1) is 17.4 Å². The largest absolute Gasteiger partial charge is 0.478 e. The maximum Gasteiger partial charge on any atom is 0.336 e. The van der Waals surface area contributed by atoms with Gasteiger partial charge in [-0.2, -0.15) is 0 Å². The fourth-order valence-electron chi connectivity index (χ4n) is 1.83. The maximum atomic E-state index is 11.9. The highest BCUT2D eigenvalue weighted by atomic mass is 16.4. The lowest BCUT2D eigenvalue weighted by Crippen LogP contribution is -2.20. The number of nitrogens with zero attached hydrogens (tertiary/aromatic N) is 1. The molecule has 0 radical (unpaired) electrons. The summed E-state index contributed by atoms with van der Waals surface area (Å²) >= 11 is 0. The maximum absolute atomic E-state index is 11.9. The number of rotatable bonds is 3. The lowest BCUT2D eigenvalue weighted by Gasteiger charge is -2.11. The van der Waals surface area contributed by atoms with E-state index < -0.39 is 12.0 Å². The summed E-state index contributed by atoms with van der Waals surface area (Å²) in [5.74, 6) is -1.03. The zero-order valence-corrected chi connectivity index (χ0v) is 11.7. The Labute approximate surface area is 121 Å². The van der Waals surface area contributed by atoms with E-state index in [-0.39, 0.29) is 5.56 Å². The first-order chi connectivity index (χ1) is 9.97. The van der Waals surface area contributed by atoms with Crippen molar-refractivity contribution in [2.75, 3.05) is 10.6 Å². The van der Waals surface area contributed by atoms with Crippen molar-refractivity contribution < 1.29 is 14.7 Å². The molecule has 0 aliphatic carbocycles. The van der Waals surface area contributed by atoms with Crippen molar-refractivity contribution in [2.45, 2.75) is 13.8 Å². The van der Waals surface area contributed by atoms with E-state index in [1.54, 1.807) is 37.4 Å². The number of carbonyl (C=O) groups is 2. The number of carboxylic acids is 1. The van der Waals surface area contributed by atoms with Crippen LogP contribution in [0.2, 0.25) is 0 Å². The number of benzene rings is 1. The number of urea groups is 1. The number of hydrogen-bond donors (Lipinski definition) is 3. The first-order valence-corrected chi connectivity index (χ1v) is 6.31. The van der Waals surface area contributed by atoms with Gasteiger partial charge in [-0.1, -0.05) is 6.07 Å². The van der Waals surface area contributed by atoms with Crippen LogP contribution in [0, 0.1) is 13.8 Å². The molecule has 1 aromatic carbocycles. The Morgan fingerprint density at radius 2 is 1.86 bits per heavy atom. The molecule has 2 aromatic rings. The molecule has 0 saturated carbocycles. The Morgan fingerprint density at radius 3 is 2.48 bits per heavy atom. The number of aromatic carboxylic acids is 1. The van der Waals surface area contributed by atoms with Crippen LogP contribution in [0.1, 0.15) is 21.6 Å². The number of anilines is 2. The van der Waals surface area contributed by atoms with E-state index in [0.717, 1.165) is 5.69 Å². The highest BCUT2D eigenvalue weighted by Crippen LogP contribution is 2.19. The van der Waals surface area contributed by atoms with Crippen LogP contribution in [0.25, 0.3) is 0 Å². The van der Waals surface area contributed by atoms with E-state index >= 15 is 0 Å². The fraction of sp³-hybridized carbons (Fsp3) is 0.133. The van der Waals surface area contributed by atoms with Crippen LogP contribution in [0.15, 0.2) is 36.5 Å². The average molecular weight is 285 g/mol. The minimum Gasteiger partial charge on any atom is -0.478 e. The van der Waals surface area contributed by atoms with Crippen molar-refractivity contribution in [2.24, 2.45) is 0 Å². The summed E-state index contributed by atoms with van der Waals surface area (Å²) in [6.45, 7) is 3.50. The fourth-order valence-corrected chi connectivity index (χ4v) is 1.83. The summed E-state index contributed by atoms with van der Waals surface area (Å²) in [4.78, 5) is 27.0. The smallest absolute Gasteiger partial charge is 0.336 e. The van der Waals surface area contributed by atoms with E-state index in [1.807, 2.05) is 6.92 Å². The van der Waals surface area contributed by atoms with Crippen LogP contribution >= 0.6 is 0 Å². The number of aryl methyl sites for hydroxylation is 1. The quantitative estimate of drug-likeness (QED) is 0.808. The summed E-state index contributed by atoms with van der Waals surface area (Å²) in [5.41, 5.74) is 2.52. The molecule has 0 spiro atoms. The zero-order valence-electron chi connectivity index (χ0n) is 11.7. The van der Waals surface area contributed by atoms with E-state index in [1.165, 1.54) is 6.07 Å². The van der Waals surface area contributed by atoms with Crippen LogP contribution in [-0.4, -0.2) is 22.1 Å². The monoisotopic (exact) mass is 285 g/mol. The summed E-state index contributed by atoms with van der Waals surface area (Å²) in [7, 11) is 0. The Bertz CT molecular complexity index is 681. The molecule has 0 aliphatic heterocycles. The number of aromatic nitrogens is 1. The van der Waals surface area contributed by atoms with Gasteiger partial charge in [-0.25, -0.2) is 9.59 Å². The van der Waals surface area contributed by atoms with Crippen LogP contribution in [0.3, 0.4) is 0 Å². The van der Waals surface area contributed by atoms with Gasteiger partial charge in [0.25, 0.3) is 0 Å². The van der Waals surface area contributed by atoms with Crippen LogP contribution in [0.5, 0.6) is 0 Å². The first-order valence-electron chi connectivity index (χ1n) is 6.31. The third-order valence-corrected chi connectivity index (χ3v) is 2.98. The zero-order chi connectivity index (χ0) is 15.4. The predicted octanol–water partition coefficient (Wildman–Crippen LogP) is 3.04. The number of carbonyl (C=O) groups excluding carboxylic acids is 1. The lowest BCUT2D eigenvalue weighted by molar-refractivity contribution is 0.0696. The number of carboxylic acid groups (broad SMARTS) is 1. The van der Waals surface area contributed by atoms with Gasteiger partial charge in [-0.15, -0.1) is 0 Å². The normalized spacial score (nSPS) is 10.0. The van der Waals surface area contributed by atoms with Gasteiger partial charge in [0.2, 0.25) is 0 Å². The molecule has 3 N–H and O–H groups in total. The number of nitrogens with one attached hydrogen (secondary N) is 2. The van der Waals surface area contributed by atoms with Crippen LogP contribution < -0.4 is 10.6 Å². The highest BCUT2D eigenvalue weighted by Gasteiger charge is 2.12. The van der Waals surface area contributed by atoms with E-state index in [4.69, 9.17) is 5.11 Å². The summed E-state index contributed by atoms with van der Waals surface area (Å²) in [6, 6.07) is 7.79. The Morgan fingerprint density at radius 1 is 1.10 bits per heavy atom. The number of pyridine rings is 1. The molecule has 108 valence electrons. The van der Waals surface area contributed by atoms with Crippen molar-refractivity contribution in [3.63, 3.8) is 0 Å². The van der Waals surface area contributed by atoms with Crippen molar-refractivity contribution in [1.29, 1.82) is 0 Å². The van der Waals surface area contributed by atoms with Crippen LogP contribution in [0.4, 0.5) is 16.2 Å². The molecular weight excluding hydrogens is 270 g/mol. The third kappa shape index (κ3) is 3.56. The van der Waals surface area contributed by atoms with E-state index in [2.05, 4.69) is 15.6 Å². The molecular formula is C15H15N3O3. The average Bonchev–Trinajstić information content (AvgIpc) is 2.43. The minimum absolute atomic E-state index is 0.157. The number of hydrogen-bond acceptors (Lipinski definition) is 3. The van der Waals surface area contributed by atoms with Gasteiger partial charge in [0.15, 0.2) is 0 Å². The van der Waals surface area contributed by atoms with Crippen molar-refractivity contribution in [3.05, 3.63) is 53.3 Å². The van der Waals surface area contributed by atoms with E-state index in [0.29, 0.717) is 16.9 Å². The molecule has 21 heavy (non-hydrogen) atoms. The van der Waals surface area contributed by atoms with Crippen molar-refractivity contribution in [1.82, 2.24) is 4.98 Å². The van der Waals surface area contributed by atoms with Crippen molar-refractivity contribution in [3.8, 4) is 0 Å². The molecule has 0 aliphatic rings. The SMILES string of the molecule is Cc1ccc(NC(=O)Nc2cccc(C(=O)O)c2C)cn1. The summed E-state index contributed by atoms with van der Waals surface area (Å²) < 4.78 is 0. The molecule has 1 aromatic heterocycles. The van der Waals surface area contributed by atoms with Crippen LogP contribution in [-0.2, 0) is 0 Å². The molecule has 6 heteroatoms. The van der Waals surface area contributed by atoms with Crippen molar-refractivity contribution >= 4 is 23.4 Å². The molecule has 6 nitrogen and oxygen atoms in total. The van der Waals surface area contributed by atoms with Gasteiger partial charge < -0.3 is 15.7 Å². The third-order valence-electron chi connectivity index (χ3n) is 2.98. The second-order valence-corrected chi connectivity index (χ2v) is 4.55.